The summed E-state index contributed by atoms with van der Waals surface area (Å²) < 4.78 is 19.5. The number of nitrogens with zero attached hydrogens (tertiary/aromatic N) is 1. The predicted molar refractivity (Wildman–Crippen MR) is 68.6 cm³/mol. The lowest BCUT2D eigenvalue weighted by atomic mass is 10.2. The molecule has 0 fully saturated rings. The minimum Gasteiger partial charge on any atom is -0.487 e. The van der Waals surface area contributed by atoms with Crippen molar-refractivity contribution in [2.45, 2.75) is 13.2 Å². The molecule has 0 bridgehead atoms. The average molecular weight is 312 g/mol. The summed E-state index contributed by atoms with van der Waals surface area (Å²) in [5, 5.41) is 8.96. The molecule has 0 radical (unpaired) electrons. The molecule has 0 saturated carbocycles. The molecular formula is C13H11BrFNO2. The van der Waals surface area contributed by atoms with E-state index >= 15 is 0 Å². The van der Waals surface area contributed by atoms with Gasteiger partial charge in [-0.2, -0.15) is 0 Å². The van der Waals surface area contributed by atoms with Gasteiger partial charge in [0.05, 0.1) is 12.3 Å². The van der Waals surface area contributed by atoms with Crippen molar-refractivity contribution in [1.29, 1.82) is 0 Å². The van der Waals surface area contributed by atoms with Crippen LogP contribution in [0.5, 0.6) is 5.75 Å². The van der Waals surface area contributed by atoms with Crippen LogP contribution in [0.2, 0.25) is 0 Å². The highest BCUT2D eigenvalue weighted by Gasteiger charge is 2.02. The van der Waals surface area contributed by atoms with Gasteiger partial charge in [0.25, 0.3) is 0 Å². The zero-order valence-corrected chi connectivity index (χ0v) is 11.0. The molecule has 0 spiro atoms. The van der Waals surface area contributed by atoms with Crippen LogP contribution in [0.15, 0.2) is 41.0 Å². The van der Waals surface area contributed by atoms with E-state index < -0.39 is 5.82 Å². The Morgan fingerprint density at radius 3 is 2.78 bits per heavy atom. The summed E-state index contributed by atoms with van der Waals surface area (Å²) in [6.45, 7) is 0.0340. The molecule has 0 aliphatic heterocycles. The van der Waals surface area contributed by atoms with Crippen molar-refractivity contribution in [2.24, 2.45) is 0 Å². The van der Waals surface area contributed by atoms with Crippen LogP contribution in [-0.2, 0) is 13.2 Å². The topological polar surface area (TPSA) is 42.4 Å². The summed E-state index contributed by atoms with van der Waals surface area (Å²) in [7, 11) is 0. The van der Waals surface area contributed by atoms with Crippen molar-refractivity contribution in [3.8, 4) is 5.75 Å². The maximum atomic E-state index is 13.2. The zero-order valence-electron chi connectivity index (χ0n) is 9.44. The van der Waals surface area contributed by atoms with Gasteiger partial charge in [0.1, 0.15) is 18.2 Å². The number of aliphatic hydroxyl groups excluding tert-OH is 1. The van der Waals surface area contributed by atoms with Gasteiger partial charge in [0, 0.05) is 16.7 Å². The van der Waals surface area contributed by atoms with Crippen LogP contribution in [-0.4, -0.2) is 10.1 Å². The Morgan fingerprint density at radius 1 is 1.28 bits per heavy atom. The summed E-state index contributed by atoms with van der Waals surface area (Å²) >= 11 is 3.29. The van der Waals surface area contributed by atoms with E-state index in [4.69, 9.17) is 9.84 Å². The Kier molecular flexibility index (Phi) is 4.28. The molecule has 1 heterocycles. The van der Waals surface area contributed by atoms with Crippen molar-refractivity contribution >= 4 is 15.9 Å². The minimum atomic E-state index is -0.430. The molecule has 0 atom stereocenters. The molecule has 94 valence electrons. The van der Waals surface area contributed by atoms with Gasteiger partial charge in [-0.15, -0.1) is 0 Å². The molecule has 18 heavy (non-hydrogen) atoms. The molecular weight excluding hydrogens is 301 g/mol. The van der Waals surface area contributed by atoms with Crippen LogP contribution >= 0.6 is 15.9 Å². The first kappa shape index (κ1) is 13.0. The molecule has 0 saturated heterocycles. The largest absolute Gasteiger partial charge is 0.487 e. The number of aliphatic hydroxyl groups is 1. The number of benzene rings is 1. The van der Waals surface area contributed by atoms with Gasteiger partial charge in [-0.3, -0.25) is 4.98 Å². The second-order valence-electron chi connectivity index (χ2n) is 3.71. The van der Waals surface area contributed by atoms with Crippen molar-refractivity contribution in [3.63, 3.8) is 0 Å². The van der Waals surface area contributed by atoms with Crippen molar-refractivity contribution in [3.05, 3.63) is 58.1 Å². The fourth-order valence-electron chi connectivity index (χ4n) is 1.44. The summed E-state index contributed by atoms with van der Waals surface area (Å²) in [4.78, 5) is 4.14. The number of ether oxygens (including phenoxy) is 1. The molecule has 1 aromatic carbocycles. The summed E-state index contributed by atoms with van der Waals surface area (Å²) in [5.41, 5.74) is 1.22. The second kappa shape index (κ2) is 5.93. The maximum absolute atomic E-state index is 13.2. The fourth-order valence-corrected chi connectivity index (χ4v) is 1.68. The second-order valence-corrected chi connectivity index (χ2v) is 4.63. The third-order valence-corrected chi connectivity index (χ3v) is 2.76. The SMILES string of the molecule is OCc1cc(F)cc(OCc2ccc(Br)cn2)c1. The molecule has 0 amide bonds. The van der Waals surface area contributed by atoms with Crippen LogP contribution in [0.1, 0.15) is 11.3 Å². The van der Waals surface area contributed by atoms with Gasteiger partial charge in [-0.05, 0) is 45.8 Å². The van der Waals surface area contributed by atoms with Crippen LogP contribution in [0, 0.1) is 5.82 Å². The summed E-state index contributed by atoms with van der Waals surface area (Å²) in [6, 6.07) is 7.82. The molecule has 0 aliphatic rings. The van der Waals surface area contributed by atoms with E-state index in [2.05, 4.69) is 20.9 Å². The minimum absolute atomic E-state index is 0.218. The van der Waals surface area contributed by atoms with Crippen LogP contribution in [0.4, 0.5) is 4.39 Å². The molecule has 5 heteroatoms. The molecule has 1 N–H and O–H groups in total. The molecule has 0 aliphatic carbocycles. The summed E-state index contributed by atoms with van der Waals surface area (Å²) in [6.07, 6.45) is 1.67. The molecule has 2 aromatic rings. The third-order valence-electron chi connectivity index (χ3n) is 2.29. The van der Waals surface area contributed by atoms with Gasteiger partial charge in [-0.1, -0.05) is 0 Å². The van der Waals surface area contributed by atoms with Gasteiger partial charge in [0.2, 0.25) is 0 Å². The number of aromatic nitrogens is 1. The highest BCUT2D eigenvalue weighted by molar-refractivity contribution is 9.10. The maximum Gasteiger partial charge on any atom is 0.130 e. The van der Waals surface area contributed by atoms with Gasteiger partial charge in [-0.25, -0.2) is 4.39 Å². The third kappa shape index (κ3) is 3.51. The average Bonchev–Trinajstić information content (AvgIpc) is 2.37. The van der Waals surface area contributed by atoms with Crippen molar-refractivity contribution in [2.75, 3.05) is 0 Å². The first-order chi connectivity index (χ1) is 8.67. The Hall–Kier alpha value is -1.46. The van der Waals surface area contributed by atoms with E-state index in [0.717, 1.165) is 10.2 Å². The van der Waals surface area contributed by atoms with Crippen LogP contribution in [0.25, 0.3) is 0 Å². The predicted octanol–water partition coefficient (Wildman–Crippen LogP) is 3.05. The van der Waals surface area contributed by atoms with Gasteiger partial charge >= 0.3 is 0 Å². The van der Waals surface area contributed by atoms with E-state index in [1.807, 2.05) is 12.1 Å². The van der Waals surface area contributed by atoms with Gasteiger partial charge in [0.15, 0.2) is 0 Å². The molecule has 3 nitrogen and oxygen atoms in total. The van der Waals surface area contributed by atoms with Gasteiger partial charge < -0.3 is 9.84 Å². The first-order valence-corrected chi connectivity index (χ1v) is 6.10. The number of rotatable bonds is 4. The van der Waals surface area contributed by atoms with E-state index in [1.165, 1.54) is 12.1 Å². The van der Waals surface area contributed by atoms with Crippen LogP contribution in [0.3, 0.4) is 0 Å². The Balaban J connectivity index is 2.05. The molecule has 2 rings (SSSR count). The Bertz CT molecular complexity index is 531. The van der Waals surface area contributed by atoms with E-state index in [0.29, 0.717) is 11.3 Å². The number of hydrogen-bond acceptors (Lipinski definition) is 3. The smallest absolute Gasteiger partial charge is 0.130 e. The Labute approximate surface area is 112 Å². The lowest BCUT2D eigenvalue weighted by molar-refractivity contribution is 0.276. The highest BCUT2D eigenvalue weighted by Crippen LogP contribution is 2.18. The monoisotopic (exact) mass is 311 g/mol. The van der Waals surface area contributed by atoms with E-state index in [1.54, 1.807) is 12.3 Å². The zero-order chi connectivity index (χ0) is 13.0. The number of pyridine rings is 1. The quantitative estimate of drug-likeness (QED) is 0.943. The number of hydrogen-bond donors (Lipinski definition) is 1. The first-order valence-electron chi connectivity index (χ1n) is 5.31. The lowest BCUT2D eigenvalue weighted by Crippen LogP contribution is -1.99. The normalized spacial score (nSPS) is 10.4. The summed E-state index contributed by atoms with van der Waals surface area (Å²) in [5.74, 6) is -0.0518. The van der Waals surface area contributed by atoms with Crippen LogP contribution < -0.4 is 4.74 Å². The van der Waals surface area contributed by atoms with E-state index in [-0.39, 0.29) is 13.2 Å². The lowest BCUT2D eigenvalue weighted by Gasteiger charge is -2.07. The highest BCUT2D eigenvalue weighted by atomic mass is 79.9. The van der Waals surface area contributed by atoms with Crippen molar-refractivity contribution < 1.29 is 14.2 Å². The molecule has 0 unspecified atom stereocenters. The number of halogens is 2. The van der Waals surface area contributed by atoms with Crippen molar-refractivity contribution in [1.82, 2.24) is 4.98 Å². The molecule has 1 aromatic heterocycles. The Morgan fingerprint density at radius 2 is 2.11 bits per heavy atom. The fraction of sp³-hybridized carbons (Fsp3) is 0.154. The van der Waals surface area contributed by atoms with E-state index in [9.17, 15) is 4.39 Å². The standard InChI is InChI=1S/C13H11BrFNO2/c14-10-1-2-12(16-6-10)8-18-13-4-9(7-17)3-11(15)5-13/h1-6,17H,7-8H2.